The molecule has 0 aromatic rings. The van der Waals surface area contributed by atoms with Crippen molar-refractivity contribution >= 4 is 45.6 Å². The van der Waals surface area contributed by atoms with Crippen molar-refractivity contribution in [2.75, 3.05) is 19.3 Å². The summed E-state index contributed by atoms with van der Waals surface area (Å²) in [5, 5.41) is 2.72. The molecule has 140 valence electrons. The average Bonchev–Trinajstić information content (AvgIpc) is 2.50. The van der Waals surface area contributed by atoms with Crippen molar-refractivity contribution in [3.8, 4) is 0 Å². The number of carbonyl (C=O) groups is 1. The summed E-state index contributed by atoms with van der Waals surface area (Å²) in [6.07, 6.45) is 13.4. The summed E-state index contributed by atoms with van der Waals surface area (Å²) in [4.78, 5) is 11.5. The maximum absolute atomic E-state index is 11.5. The Morgan fingerprint density at radius 3 is 1.79 bits per heavy atom. The van der Waals surface area contributed by atoms with Crippen molar-refractivity contribution in [3.05, 3.63) is 0 Å². The van der Waals surface area contributed by atoms with Crippen LogP contribution < -0.4 is 5.32 Å². The van der Waals surface area contributed by atoms with Crippen LogP contribution in [-0.2, 0) is 19.1 Å². The van der Waals surface area contributed by atoms with Gasteiger partial charge in [-0.3, -0.25) is 4.79 Å². The molecule has 0 spiro atoms. The molecule has 0 unspecified atom stereocenters. The quantitative estimate of drug-likeness (QED) is 0.256. The number of hydrogen-bond donors (Lipinski definition) is 1. The third-order valence-electron chi connectivity index (χ3n) is 3.81. The first kappa shape index (κ1) is 26.6. The number of nitrogens with one attached hydrogen (secondary N) is 1. The average molecular weight is 374 g/mol. The maximum atomic E-state index is 11.5. The van der Waals surface area contributed by atoms with Crippen molar-refractivity contribution in [2.45, 2.75) is 84.0 Å². The summed E-state index contributed by atoms with van der Waals surface area (Å²) >= 11 is 0. The van der Waals surface area contributed by atoms with Crippen LogP contribution in [0.5, 0.6) is 0 Å². The first-order chi connectivity index (χ1) is 11.0. The van der Waals surface area contributed by atoms with E-state index in [0.29, 0.717) is 6.42 Å². The van der Waals surface area contributed by atoms with Crippen molar-refractivity contribution in [1.82, 2.24) is 5.32 Å². The molecule has 7 heteroatoms. The van der Waals surface area contributed by atoms with Gasteiger partial charge in [0.15, 0.2) is 0 Å². The third kappa shape index (κ3) is 18.7. The predicted octanol–water partition coefficient (Wildman–Crippen LogP) is 3.13. The van der Waals surface area contributed by atoms with Gasteiger partial charge in [0, 0.05) is 13.0 Å². The van der Waals surface area contributed by atoms with Gasteiger partial charge < -0.3 is 9.50 Å². The molecule has 1 N–H and O–H groups in total. The van der Waals surface area contributed by atoms with Gasteiger partial charge >= 0.3 is 45.6 Å². The van der Waals surface area contributed by atoms with E-state index < -0.39 is 16.1 Å². The predicted molar refractivity (Wildman–Crippen MR) is 102 cm³/mol. The van der Waals surface area contributed by atoms with Gasteiger partial charge in [0.25, 0.3) is 0 Å². The molecule has 0 aliphatic rings. The van der Waals surface area contributed by atoms with E-state index in [9.17, 15) is 13.2 Å². The van der Waals surface area contributed by atoms with Crippen LogP contribution in [0.2, 0.25) is 0 Å². The number of hydrogen-bond acceptors (Lipinski definition) is 5. The second-order valence-electron chi connectivity index (χ2n) is 6.11. The molecule has 0 rings (SSSR count). The number of rotatable bonds is 16. The van der Waals surface area contributed by atoms with Gasteiger partial charge in [0.05, 0.1) is 5.75 Å². The Morgan fingerprint density at radius 2 is 1.33 bits per heavy atom. The molecule has 0 atom stereocenters. The van der Waals surface area contributed by atoms with Crippen LogP contribution in [0.1, 0.15) is 84.0 Å². The van der Waals surface area contributed by atoms with Crippen molar-refractivity contribution < 1.29 is 17.4 Å². The molecule has 0 aliphatic heterocycles. The summed E-state index contributed by atoms with van der Waals surface area (Å²) in [7, 11) is -2.06. The monoisotopic (exact) mass is 373 g/mol. The van der Waals surface area contributed by atoms with Gasteiger partial charge in [0.1, 0.15) is 0 Å². The van der Waals surface area contributed by atoms with E-state index in [-0.39, 0.29) is 48.3 Å². The number of unbranched alkanes of at least 4 members (excludes halogenated alkanes) is 10. The fourth-order valence-corrected chi connectivity index (χ4v) is 3.29. The van der Waals surface area contributed by atoms with E-state index >= 15 is 0 Å². The molecule has 0 saturated carbocycles. The minimum absolute atomic E-state index is 0. The van der Waals surface area contributed by atoms with Gasteiger partial charge in [0.2, 0.25) is 0 Å². The molecule has 0 amide bonds. The van der Waals surface area contributed by atoms with Gasteiger partial charge in [-0.15, -0.1) is 0 Å². The fraction of sp³-hybridized carbons (Fsp3) is 0.941. The van der Waals surface area contributed by atoms with E-state index in [1.807, 2.05) is 0 Å². The second-order valence-corrected chi connectivity index (χ2v) is 7.80. The number of carbonyl (C=O) groups excluding carboxylic acids is 1. The van der Waals surface area contributed by atoms with Crippen LogP contribution >= 0.6 is 0 Å². The molecule has 0 aromatic heterocycles. The van der Waals surface area contributed by atoms with Crippen LogP contribution in [0.25, 0.3) is 0 Å². The molecule has 0 aromatic carbocycles. The standard InChI is InChI=1S/C17H35NO4S.Na.H/c1-3-4-5-6-7-8-9-10-11-12-13-14-17(19)22-23(20,21)16-15-18-2;;/h18H,3-16H2,1-2H3;;. The summed E-state index contributed by atoms with van der Waals surface area (Å²) in [5.41, 5.74) is 0. The first-order valence-electron chi connectivity index (χ1n) is 9.11. The van der Waals surface area contributed by atoms with E-state index in [1.165, 1.54) is 51.4 Å². The molecule has 0 heterocycles. The van der Waals surface area contributed by atoms with Crippen LogP contribution in [0.4, 0.5) is 0 Å². The molecule has 5 nitrogen and oxygen atoms in total. The molecule has 0 saturated heterocycles. The SMILES string of the molecule is CCCCCCCCCCCCCC(=O)OS(=O)(=O)CCNC.[NaH]. The molecule has 0 radical (unpaired) electrons. The Labute approximate surface area is 171 Å². The topological polar surface area (TPSA) is 72.5 Å². The van der Waals surface area contributed by atoms with Crippen LogP contribution in [0.3, 0.4) is 0 Å². The van der Waals surface area contributed by atoms with Gasteiger partial charge in [-0.05, 0) is 13.5 Å². The first-order valence-corrected chi connectivity index (χ1v) is 10.7. The van der Waals surface area contributed by atoms with E-state index in [1.54, 1.807) is 7.05 Å². The molecular formula is C17H36NNaO4S. The summed E-state index contributed by atoms with van der Waals surface area (Å²) in [6, 6.07) is 0. The van der Waals surface area contributed by atoms with E-state index in [0.717, 1.165) is 12.8 Å². The Morgan fingerprint density at radius 1 is 0.875 bits per heavy atom. The molecule has 0 bridgehead atoms. The summed E-state index contributed by atoms with van der Waals surface area (Å²) in [5.74, 6) is -0.801. The fourth-order valence-electron chi connectivity index (χ4n) is 2.39. The Kier molecular flexibility index (Phi) is 20.2. The Balaban J connectivity index is 0. The van der Waals surface area contributed by atoms with Crippen molar-refractivity contribution in [3.63, 3.8) is 0 Å². The van der Waals surface area contributed by atoms with E-state index in [4.69, 9.17) is 0 Å². The molecule has 0 fully saturated rings. The van der Waals surface area contributed by atoms with Gasteiger partial charge in [-0.1, -0.05) is 71.1 Å². The van der Waals surface area contributed by atoms with Gasteiger partial charge in [-0.2, -0.15) is 8.42 Å². The van der Waals surface area contributed by atoms with E-state index in [2.05, 4.69) is 16.4 Å². The molecule has 24 heavy (non-hydrogen) atoms. The zero-order valence-electron chi connectivity index (χ0n) is 14.9. The Hall–Kier alpha value is 0.380. The molecular weight excluding hydrogens is 337 g/mol. The van der Waals surface area contributed by atoms with Crippen LogP contribution in [0, 0.1) is 0 Å². The summed E-state index contributed by atoms with van der Waals surface area (Å²) in [6.45, 7) is 2.52. The second kappa shape index (κ2) is 18.2. The van der Waals surface area contributed by atoms with Crippen LogP contribution in [0.15, 0.2) is 0 Å². The van der Waals surface area contributed by atoms with Crippen molar-refractivity contribution in [2.24, 2.45) is 0 Å². The van der Waals surface area contributed by atoms with Crippen LogP contribution in [-0.4, -0.2) is 63.3 Å². The normalized spacial score (nSPS) is 11.1. The zero-order chi connectivity index (χ0) is 17.4. The minimum atomic E-state index is -3.72. The zero-order valence-corrected chi connectivity index (χ0v) is 15.8. The Bertz CT molecular complexity index is 388. The third-order valence-corrected chi connectivity index (χ3v) is 4.95. The van der Waals surface area contributed by atoms with Gasteiger partial charge in [-0.25, -0.2) is 0 Å². The molecule has 0 aliphatic carbocycles. The van der Waals surface area contributed by atoms with Crippen molar-refractivity contribution in [1.29, 1.82) is 0 Å². The summed E-state index contributed by atoms with van der Waals surface area (Å²) < 4.78 is 27.4.